The van der Waals surface area contributed by atoms with Gasteiger partial charge < -0.3 is 9.73 Å². The molecule has 0 bridgehead atoms. The second kappa shape index (κ2) is 4.58. The van der Waals surface area contributed by atoms with Crippen molar-refractivity contribution in [1.82, 2.24) is 5.32 Å². The molecular formula is C12H12ClNO2. The molecule has 1 atom stereocenters. The summed E-state index contributed by atoms with van der Waals surface area (Å²) in [7, 11) is 0. The first-order chi connectivity index (χ1) is 7.70. The largest absolute Gasteiger partial charge is 0.451 e. The molecule has 1 aromatic heterocycles. The van der Waals surface area contributed by atoms with Crippen molar-refractivity contribution < 1.29 is 9.21 Å². The average Bonchev–Trinajstić information content (AvgIpc) is 2.72. The molecule has 16 heavy (non-hydrogen) atoms. The molecule has 1 amide bonds. The van der Waals surface area contributed by atoms with Gasteiger partial charge in [0.25, 0.3) is 5.91 Å². The van der Waals surface area contributed by atoms with Crippen molar-refractivity contribution >= 4 is 28.5 Å². The molecule has 84 valence electrons. The van der Waals surface area contributed by atoms with Gasteiger partial charge in [-0.15, -0.1) is 11.6 Å². The van der Waals surface area contributed by atoms with Crippen molar-refractivity contribution in [2.24, 2.45) is 0 Å². The lowest BCUT2D eigenvalue weighted by Gasteiger charge is -2.07. The molecule has 0 aliphatic carbocycles. The molecule has 0 fully saturated rings. The van der Waals surface area contributed by atoms with Crippen LogP contribution in [0.2, 0.25) is 0 Å². The highest BCUT2D eigenvalue weighted by Gasteiger charge is 2.13. The molecule has 0 aliphatic rings. The van der Waals surface area contributed by atoms with Gasteiger partial charge in [0.2, 0.25) is 0 Å². The van der Waals surface area contributed by atoms with Crippen molar-refractivity contribution in [1.29, 1.82) is 0 Å². The first-order valence-electron chi connectivity index (χ1n) is 5.06. The molecule has 1 N–H and O–H groups in total. The van der Waals surface area contributed by atoms with Crippen LogP contribution in [0.25, 0.3) is 11.0 Å². The molecule has 4 heteroatoms. The Morgan fingerprint density at radius 2 is 2.25 bits per heavy atom. The van der Waals surface area contributed by atoms with Gasteiger partial charge in [0.05, 0.1) is 0 Å². The predicted octanol–water partition coefficient (Wildman–Crippen LogP) is 2.79. The molecule has 1 unspecified atom stereocenters. The lowest BCUT2D eigenvalue weighted by molar-refractivity contribution is 0.0918. The van der Waals surface area contributed by atoms with Crippen LogP contribution in [0.15, 0.2) is 34.7 Å². The Labute approximate surface area is 98.4 Å². The van der Waals surface area contributed by atoms with Gasteiger partial charge in [0, 0.05) is 17.3 Å². The summed E-state index contributed by atoms with van der Waals surface area (Å²) in [5.74, 6) is 0.467. The molecule has 0 saturated carbocycles. The highest BCUT2D eigenvalue weighted by atomic mass is 35.5. The SMILES string of the molecule is CC(CCl)NC(=O)c1cc2ccccc2o1. The molecule has 0 saturated heterocycles. The summed E-state index contributed by atoms with van der Waals surface area (Å²) in [5.41, 5.74) is 0.714. The maximum absolute atomic E-state index is 11.7. The lowest BCUT2D eigenvalue weighted by atomic mass is 10.2. The molecule has 0 aliphatic heterocycles. The molecule has 2 rings (SSSR count). The Bertz CT molecular complexity index is 473. The van der Waals surface area contributed by atoms with E-state index >= 15 is 0 Å². The number of alkyl halides is 1. The van der Waals surface area contributed by atoms with Crippen LogP contribution < -0.4 is 5.32 Å². The fourth-order valence-electron chi connectivity index (χ4n) is 1.43. The maximum atomic E-state index is 11.7. The summed E-state index contributed by atoms with van der Waals surface area (Å²) >= 11 is 5.62. The standard InChI is InChI=1S/C12H12ClNO2/c1-8(7-13)14-12(15)11-6-9-4-2-3-5-10(9)16-11/h2-6,8H,7H2,1H3,(H,14,15). The number of nitrogens with one attached hydrogen (secondary N) is 1. The number of fused-ring (bicyclic) bond motifs is 1. The minimum atomic E-state index is -0.232. The summed E-state index contributed by atoms with van der Waals surface area (Å²) in [5, 5.41) is 3.66. The zero-order valence-corrected chi connectivity index (χ0v) is 9.62. The van der Waals surface area contributed by atoms with E-state index in [1.165, 1.54) is 0 Å². The third-order valence-electron chi connectivity index (χ3n) is 2.26. The first-order valence-corrected chi connectivity index (χ1v) is 5.59. The van der Waals surface area contributed by atoms with E-state index < -0.39 is 0 Å². The minimum absolute atomic E-state index is 0.0672. The third-order valence-corrected chi connectivity index (χ3v) is 2.72. The van der Waals surface area contributed by atoms with Gasteiger partial charge in [-0.25, -0.2) is 0 Å². The van der Waals surface area contributed by atoms with Gasteiger partial charge in [0.1, 0.15) is 5.58 Å². The summed E-state index contributed by atoms with van der Waals surface area (Å²) in [6.07, 6.45) is 0. The zero-order chi connectivity index (χ0) is 11.5. The van der Waals surface area contributed by atoms with Crippen LogP contribution in [0.4, 0.5) is 0 Å². The smallest absolute Gasteiger partial charge is 0.287 e. The molecule has 0 spiro atoms. The number of hydrogen-bond donors (Lipinski definition) is 1. The van der Waals surface area contributed by atoms with Crippen LogP contribution in [-0.2, 0) is 0 Å². The van der Waals surface area contributed by atoms with Crippen molar-refractivity contribution in [3.05, 3.63) is 36.1 Å². The van der Waals surface area contributed by atoms with Gasteiger partial charge >= 0.3 is 0 Å². The molecular weight excluding hydrogens is 226 g/mol. The van der Waals surface area contributed by atoms with Gasteiger partial charge in [-0.05, 0) is 19.1 Å². The van der Waals surface area contributed by atoms with Gasteiger partial charge in [-0.1, -0.05) is 18.2 Å². The zero-order valence-electron chi connectivity index (χ0n) is 8.87. The molecule has 2 aromatic rings. The average molecular weight is 238 g/mol. The third kappa shape index (κ3) is 2.19. The Hall–Kier alpha value is -1.48. The summed E-state index contributed by atoms with van der Waals surface area (Å²) in [4.78, 5) is 11.7. The van der Waals surface area contributed by atoms with Crippen molar-refractivity contribution in [2.45, 2.75) is 13.0 Å². The van der Waals surface area contributed by atoms with E-state index in [9.17, 15) is 4.79 Å². The number of benzene rings is 1. The monoisotopic (exact) mass is 237 g/mol. The number of carbonyl (C=O) groups excluding carboxylic acids is 1. The Kier molecular flexibility index (Phi) is 3.15. The van der Waals surface area contributed by atoms with Crippen molar-refractivity contribution in [3.63, 3.8) is 0 Å². The van der Waals surface area contributed by atoms with E-state index in [4.69, 9.17) is 16.0 Å². The van der Waals surface area contributed by atoms with Crippen molar-refractivity contribution in [3.8, 4) is 0 Å². The topological polar surface area (TPSA) is 42.2 Å². The highest BCUT2D eigenvalue weighted by molar-refractivity contribution is 6.18. The quantitative estimate of drug-likeness (QED) is 0.835. The number of furan rings is 1. The van der Waals surface area contributed by atoms with E-state index in [2.05, 4.69) is 5.32 Å². The normalized spacial score (nSPS) is 12.6. The van der Waals surface area contributed by atoms with Crippen LogP contribution in [0.1, 0.15) is 17.5 Å². The van der Waals surface area contributed by atoms with Crippen LogP contribution in [0.3, 0.4) is 0 Å². The van der Waals surface area contributed by atoms with Gasteiger partial charge in [-0.2, -0.15) is 0 Å². The molecule has 0 radical (unpaired) electrons. The Morgan fingerprint density at radius 3 is 2.94 bits per heavy atom. The number of rotatable bonds is 3. The van der Waals surface area contributed by atoms with Crippen LogP contribution in [0, 0.1) is 0 Å². The minimum Gasteiger partial charge on any atom is -0.451 e. The van der Waals surface area contributed by atoms with Gasteiger partial charge in [-0.3, -0.25) is 4.79 Å². The van der Waals surface area contributed by atoms with Crippen molar-refractivity contribution in [2.75, 3.05) is 5.88 Å². The second-order valence-corrected chi connectivity index (χ2v) is 3.99. The van der Waals surface area contributed by atoms with Gasteiger partial charge in [0.15, 0.2) is 5.76 Å². The number of hydrogen-bond acceptors (Lipinski definition) is 2. The summed E-state index contributed by atoms with van der Waals surface area (Å²) < 4.78 is 5.42. The molecule has 3 nitrogen and oxygen atoms in total. The lowest BCUT2D eigenvalue weighted by Crippen LogP contribution is -2.33. The summed E-state index contributed by atoms with van der Waals surface area (Å²) in [6.45, 7) is 1.84. The maximum Gasteiger partial charge on any atom is 0.287 e. The van der Waals surface area contributed by atoms with E-state index in [1.807, 2.05) is 31.2 Å². The number of para-hydroxylation sites is 1. The van der Waals surface area contributed by atoms with Crippen LogP contribution >= 0.6 is 11.6 Å². The summed E-state index contributed by atoms with van der Waals surface area (Å²) in [6, 6.07) is 9.17. The molecule has 1 aromatic carbocycles. The number of amides is 1. The Morgan fingerprint density at radius 1 is 1.50 bits per heavy atom. The number of halogens is 1. The fraction of sp³-hybridized carbons (Fsp3) is 0.250. The fourth-order valence-corrected chi connectivity index (χ4v) is 1.50. The molecule has 1 heterocycles. The Balaban J connectivity index is 2.23. The second-order valence-electron chi connectivity index (χ2n) is 3.68. The highest BCUT2D eigenvalue weighted by Crippen LogP contribution is 2.18. The van der Waals surface area contributed by atoms with E-state index in [1.54, 1.807) is 6.07 Å². The number of carbonyl (C=O) groups is 1. The van der Waals surface area contributed by atoms with E-state index in [-0.39, 0.29) is 11.9 Å². The van der Waals surface area contributed by atoms with E-state index in [0.717, 1.165) is 5.39 Å². The first kappa shape index (κ1) is 11.0. The van der Waals surface area contributed by atoms with Crippen LogP contribution in [-0.4, -0.2) is 17.8 Å². The van der Waals surface area contributed by atoms with E-state index in [0.29, 0.717) is 17.2 Å². The predicted molar refractivity (Wildman–Crippen MR) is 63.9 cm³/mol. The van der Waals surface area contributed by atoms with Crippen LogP contribution in [0.5, 0.6) is 0 Å².